The lowest BCUT2D eigenvalue weighted by molar-refractivity contribution is -0.147. The van der Waals surface area contributed by atoms with Gasteiger partial charge in [-0.05, 0) is 49.3 Å². The number of anilines is 1. The van der Waals surface area contributed by atoms with Gasteiger partial charge in [0.05, 0.1) is 11.7 Å². The van der Waals surface area contributed by atoms with Crippen molar-refractivity contribution in [2.75, 3.05) is 18.0 Å². The highest BCUT2D eigenvalue weighted by atomic mass is 16.3. The Labute approximate surface area is 194 Å². The molecular weight excluding hydrogens is 444 g/mol. The number of nitrogens with two attached hydrogens (primary N) is 1. The van der Waals surface area contributed by atoms with Crippen molar-refractivity contribution in [2.45, 2.75) is 43.8 Å². The van der Waals surface area contributed by atoms with Gasteiger partial charge in [-0.2, -0.15) is 0 Å². The maximum absolute atomic E-state index is 13.5. The highest BCUT2D eigenvalue weighted by Gasteiger charge is 2.60. The number of aromatic hydroxyl groups is 1. The van der Waals surface area contributed by atoms with E-state index in [1.165, 1.54) is 6.07 Å². The molecule has 1 heterocycles. The summed E-state index contributed by atoms with van der Waals surface area (Å²) < 4.78 is 0. The maximum atomic E-state index is 13.5. The quantitative estimate of drug-likeness (QED) is 0.333. The van der Waals surface area contributed by atoms with E-state index in [0.29, 0.717) is 31.5 Å². The van der Waals surface area contributed by atoms with Crippen molar-refractivity contribution in [3.8, 4) is 5.75 Å². The van der Waals surface area contributed by atoms with E-state index in [1.54, 1.807) is 6.07 Å². The Balaban J connectivity index is 1.64. The zero-order chi connectivity index (χ0) is 24.5. The molecule has 1 aromatic rings. The minimum atomic E-state index is -2.56. The van der Waals surface area contributed by atoms with Gasteiger partial charge in [-0.15, -0.1) is 0 Å². The van der Waals surface area contributed by atoms with Gasteiger partial charge in [0, 0.05) is 36.7 Å². The molecule has 10 nitrogen and oxygen atoms in total. The summed E-state index contributed by atoms with van der Waals surface area (Å²) in [4.78, 5) is 39.7. The van der Waals surface area contributed by atoms with E-state index in [1.807, 2.05) is 0 Å². The van der Waals surface area contributed by atoms with Crippen molar-refractivity contribution in [3.05, 3.63) is 40.2 Å². The summed E-state index contributed by atoms with van der Waals surface area (Å²) in [5.74, 6) is -6.38. The number of carbonyl (C=O) groups excluding carboxylic acids is 3. The SMILES string of the molecule is NC(=O)C1=C(O)[C@@]2(O)C(=O)C3=C(O)c4c(O)ccc(N5CCC(O)CC5)c4C[C@H]3CC2CC1=O. The van der Waals surface area contributed by atoms with Crippen molar-refractivity contribution in [3.63, 3.8) is 0 Å². The number of carbonyl (C=O) groups is 3. The lowest BCUT2D eigenvalue weighted by Crippen LogP contribution is -2.58. The number of phenolic OH excluding ortho intramolecular Hbond substituents is 1. The first-order valence-corrected chi connectivity index (χ1v) is 11.3. The number of rotatable bonds is 2. The summed E-state index contributed by atoms with van der Waals surface area (Å²) >= 11 is 0. The standard InChI is InChI=1S/C24H26N2O8/c25-23(33)19-16(29)9-11-7-10-8-13-14(26-5-3-12(27)4-6-26)1-2-15(28)18(13)20(30)17(10)21(31)24(11,34)22(19)32/h1-2,10-12,27-28,30,32,34H,3-9H2,(H2,25,33)/t10-,11?,24+/m1/s1. The van der Waals surface area contributed by atoms with Gasteiger partial charge in [-0.3, -0.25) is 14.4 Å². The lowest BCUT2D eigenvalue weighted by atomic mass is 9.59. The molecule has 1 aliphatic heterocycles. The minimum Gasteiger partial charge on any atom is -0.508 e. The fourth-order valence-electron chi connectivity index (χ4n) is 6.01. The third-order valence-corrected chi connectivity index (χ3v) is 7.73. The average Bonchev–Trinajstić information content (AvgIpc) is 2.77. The number of primary amides is 1. The van der Waals surface area contributed by atoms with Crippen molar-refractivity contribution in [2.24, 2.45) is 17.6 Å². The van der Waals surface area contributed by atoms with Crippen LogP contribution < -0.4 is 10.6 Å². The number of aliphatic hydroxyl groups is 4. The number of fused-ring (bicyclic) bond motifs is 3. The first kappa shape index (κ1) is 22.4. The second kappa shape index (κ2) is 7.57. The number of benzene rings is 1. The van der Waals surface area contributed by atoms with Crippen LogP contribution in [-0.4, -0.2) is 67.8 Å². The Morgan fingerprint density at radius 3 is 2.41 bits per heavy atom. The molecule has 3 aliphatic carbocycles. The van der Waals surface area contributed by atoms with Crippen molar-refractivity contribution in [1.29, 1.82) is 0 Å². The van der Waals surface area contributed by atoms with Crippen LogP contribution >= 0.6 is 0 Å². The molecule has 4 aliphatic rings. The maximum Gasteiger partial charge on any atom is 0.255 e. The third kappa shape index (κ3) is 2.98. The average molecular weight is 470 g/mol. The van der Waals surface area contributed by atoms with Crippen molar-refractivity contribution < 1.29 is 39.9 Å². The molecule has 10 heteroatoms. The summed E-state index contributed by atoms with van der Waals surface area (Å²) in [6, 6.07) is 3.16. The molecule has 7 N–H and O–H groups in total. The number of nitrogens with zero attached hydrogens (tertiary/aromatic N) is 1. The first-order chi connectivity index (χ1) is 16.1. The molecule has 1 amide bonds. The van der Waals surface area contributed by atoms with Crippen LogP contribution in [0.5, 0.6) is 5.75 Å². The number of hydrogen-bond acceptors (Lipinski definition) is 9. The van der Waals surface area contributed by atoms with Gasteiger partial charge in [-0.25, -0.2) is 0 Å². The van der Waals surface area contributed by atoms with Gasteiger partial charge < -0.3 is 36.2 Å². The van der Waals surface area contributed by atoms with Crippen LogP contribution in [0.15, 0.2) is 29.0 Å². The molecule has 180 valence electrons. The van der Waals surface area contributed by atoms with Crippen LogP contribution in [-0.2, 0) is 20.8 Å². The second-order valence-electron chi connectivity index (χ2n) is 9.58. The van der Waals surface area contributed by atoms with E-state index in [9.17, 15) is 39.9 Å². The van der Waals surface area contributed by atoms with Gasteiger partial charge in [-0.1, -0.05) is 0 Å². The van der Waals surface area contributed by atoms with Gasteiger partial charge in [0.25, 0.3) is 5.91 Å². The van der Waals surface area contributed by atoms with Crippen LogP contribution in [0.2, 0.25) is 0 Å². The van der Waals surface area contributed by atoms with Crippen molar-refractivity contribution >= 4 is 28.9 Å². The fraction of sp³-hybridized carbons (Fsp3) is 0.458. The topological polar surface area (TPSA) is 182 Å². The predicted molar refractivity (Wildman–Crippen MR) is 119 cm³/mol. The highest BCUT2D eigenvalue weighted by Crippen LogP contribution is 2.53. The highest BCUT2D eigenvalue weighted by molar-refractivity contribution is 6.22. The fourth-order valence-corrected chi connectivity index (χ4v) is 6.01. The first-order valence-electron chi connectivity index (χ1n) is 11.3. The number of hydrogen-bond donors (Lipinski definition) is 6. The van der Waals surface area contributed by atoms with E-state index in [4.69, 9.17) is 5.73 Å². The number of Topliss-reactive ketones (excluding diaryl/α,β-unsaturated/α-hetero) is 2. The molecule has 1 saturated heterocycles. The molecule has 0 spiro atoms. The van der Waals surface area contributed by atoms with Gasteiger partial charge in [0.15, 0.2) is 11.4 Å². The monoisotopic (exact) mass is 470 g/mol. The number of piperidine rings is 1. The normalized spacial score (nSPS) is 29.6. The van der Waals surface area contributed by atoms with Crippen LogP contribution in [0, 0.1) is 11.8 Å². The molecule has 0 aromatic heterocycles. The zero-order valence-electron chi connectivity index (χ0n) is 18.3. The van der Waals surface area contributed by atoms with Gasteiger partial charge >= 0.3 is 0 Å². The summed E-state index contributed by atoms with van der Waals surface area (Å²) in [7, 11) is 0. The third-order valence-electron chi connectivity index (χ3n) is 7.73. The van der Waals surface area contributed by atoms with Gasteiger partial charge in [0.1, 0.15) is 22.8 Å². The van der Waals surface area contributed by atoms with E-state index in [-0.39, 0.29) is 42.3 Å². The molecule has 5 rings (SSSR count). The van der Waals surface area contributed by atoms with Crippen LogP contribution in [0.25, 0.3) is 5.76 Å². The predicted octanol–water partition coefficient (Wildman–Crippen LogP) is 0.385. The Morgan fingerprint density at radius 1 is 1.09 bits per heavy atom. The Bertz CT molecular complexity index is 1190. The molecular formula is C24H26N2O8. The lowest BCUT2D eigenvalue weighted by Gasteiger charge is -2.46. The van der Waals surface area contributed by atoms with Gasteiger partial charge in [0.2, 0.25) is 5.78 Å². The summed E-state index contributed by atoms with van der Waals surface area (Å²) in [6.45, 7) is 1.18. The number of ketones is 2. The van der Waals surface area contributed by atoms with Crippen LogP contribution in [0.4, 0.5) is 5.69 Å². The molecule has 0 bridgehead atoms. The van der Waals surface area contributed by atoms with Crippen LogP contribution in [0.3, 0.4) is 0 Å². The van der Waals surface area contributed by atoms with E-state index in [0.717, 1.165) is 5.69 Å². The molecule has 1 saturated carbocycles. The molecule has 34 heavy (non-hydrogen) atoms. The zero-order valence-corrected chi connectivity index (χ0v) is 18.3. The van der Waals surface area contributed by atoms with E-state index in [2.05, 4.69) is 4.90 Å². The molecule has 1 aromatic carbocycles. The Kier molecular flexibility index (Phi) is 4.99. The number of aliphatic hydroxyl groups excluding tert-OH is 3. The summed E-state index contributed by atoms with van der Waals surface area (Å²) in [6.07, 6.45) is 0.783. The van der Waals surface area contributed by atoms with E-state index < -0.39 is 52.0 Å². The Morgan fingerprint density at radius 2 is 1.76 bits per heavy atom. The summed E-state index contributed by atoms with van der Waals surface area (Å²) in [5.41, 5.74) is 3.17. The van der Waals surface area contributed by atoms with E-state index >= 15 is 0 Å². The summed E-state index contributed by atoms with van der Waals surface area (Å²) in [5, 5.41) is 53.5. The minimum absolute atomic E-state index is 0.0794. The molecule has 2 fully saturated rings. The van der Waals surface area contributed by atoms with Crippen molar-refractivity contribution in [1.82, 2.24) is 0 Å². The molecule has 3 atom stereocenters. The smallest absolute Gasteiger partial charge is 0.255 e. The number of amides is 1. The molecule has 0 radical (unpaired) electrons. The van der Waals surface area contributed by atoms with Crippen LogP contribution in [0.1, 0.15) is 36.8 Å². The largest absolute Gasteiger partial charge is 0.508 e. The second-order valence-corrected chi connectivity index (χ2v) is 9.58. The Hall–Kier alpha value is -3.37. The number of phenols is 1. The molecule has 1 unspecified atom stereocenters.